The van der Waals surface area contributed by atoms with Crippen LogP contribution in [0.15, 0.2) is 18.2 Å². The zero-order valence-electron chi connectivity index (χ0n) is 49.7. The van der Waals surface area contributed by atoms with E-state index < -0.39 is 60.9 Å². The van der Waals surface area contributed by atoms with E-state index >= 15 is 0 Å². The molecule has 19 heteroatoms. The Bertz CT molecular complexity index is 1800. The molecule has 1 aliphatic heterocycles. The third kappa shape index (κ3) is 39.1. The molecule has 1 atom stereocenters. The Labute approximate surface area is 482 Å². The number of esters is 4. The Hall–Kier alpha value is -4.10. The molecule has 0 saturated carbocycles. The predicted octanol–water partition coefficient (Wildman–Crippen LogP) is 15.6. The molecule has 81 heavy (non-hydrogen) atoms. The molecule has 0 aliphatic carbocycles. The van der Waals surface area contributed by atoms with Crippen LogP contribution in [-0.2, 0) is 72.2 Å². The van der Waals surface area contributed by atoms with Gasteiger partial charge in [-0.05, 0) is 119 Å². The summed E-state index contributed by atoms with van der Waals surface area (Å²) in [6, 6.07) is 5.32. The van der Waals surface area contributed by atoms with Gasteiger partial charge in [0.25, 0.3) is 0 Å². The summed E-state index contributed by atoms with van der Waals surface area (Å²) < 4.78 is 103. The van der Waals surface area contributed by atoms with Crippen LogP contribution >= 0.6 is 0 Å². The van der Waals surface area contributed by atoms with Gasteiger partial charge in [0.1, 0.15) is 25.9 Å². The number of nitrogens with zero attached hydrogens (tertiary/aromatic N) is 1. The molecular weight excluding hydrogens is 1060 g/mol. The second-order valence-corrected chi connectivity index (χ2v) is 21.8. The zero-order valence-corrected chi connectivity index (χ0v) is 49.7. The molecule has 1 aliphatic rings. The van der Waals surface area contributed by atoms with Gasteiger partial charge in [0.05, 0.1) is 13.0 Å². The van der Waals surface area contributed by atoms with Gasteiger partial charge in [-0.25, -0.2) is 4.79 Å². The van der Waals surface area contributed by atoms with E-state index in [1.165, 1.54) is 38.5 Å². The summed E-state index contributed by atoms with van der Waals surface area (Å²) in [4.78, 5) is 66.5. The van der Waals surface area contributed by atoms with E-state index in [4.69, 9.17) is 33.2 Å². The molecule has 0 spiro atoms. The van der Waals surface area contributed by atoms with Crippen LogP contribution < -0.4 is 5.32 Å². The van der Waals surface area contributed by atoms with Gasteiger partial charge >= 0.3 is 42.1 Å². The Kier molecular flexibility index (Phi) is 41.7. The third-order valence-electron chi connectivity index (χ3n) is 14.3. The van der Waals surface area contributed by atoms with Crippen molar-refractivity contribution >= 4 is 30.0 Å². The normalized spacial score (nSPS) is 13.3. The number of unbranched alkanes of at least 4 members (excludes halogenated alkanes) is 19. The van der Waals surface area contributed by atoms with Crippen molar-refractivity contribution in [3.8, 4) is 0 Å². The average Bonchev–Trinajstić information content (AvgIpc) is 3.96. The quantitative estimate of drug-likeness (QED) is 0.0216. The number of benzene rings is 1. The largest absolute Gasteiger partial charge is 0.466 e. The average molecular weight is 1160 g/mol. The lowest BCUT2D eigenvalue weighted by atomic mass is 10.1. The number of ether oxygens (including phenoxy) is 7. The number of alkyl carbamates (subject to hydrolysis) is 1. The van der Waals surface area contributed by atoms with Crippen LogP contribution in [0, 0.1) is 0 Å². The first-order chi connectivity index (χ1) is 39.0. The second kappa shape index (κ2) is 46.3. The highest BCUT2D eigenvalue weighted by Crippen LogP contribution is 2.39. The topological polar surface area (TPSA) is 165 Å². The number of halogens is 5. The molecule has 1 aromatic rings. The van der Waals surface area contributed by atoms with E-state index in [0.717, 1.165) is 96.7 Å². The number of carbonyl (C=O) groups is 5. The fourth-order valence-corrected chi connectivity index (χ4v) is 9.39. The number of hydrogen-bond donors (Lipinski definition) is 1. The number of carbonyl (C=O) groups excluding carboxylic acids is 5. The van der Waals surface area contributed by atoms with Gasteiger partial charge in [-0.1, -0.05) is 130 Å². The highest BCUT2D eigenvalue weighted by Gasteiger charge is 2.56. The van der Waals surface area contributed by atoms with Crippen LogP contribution in [0.1, 0.15) is 256 Å². The number of amides is 1. The molecule has 0 aromatic heterocycles. The number of rotatable bonds is 51. The Morgan fingerprint density at radius 1 is 0.494 bits per heavy atom. The van der Waals surface area contributed by atoms with E-state index in [9.17, 15) is 45.9 Å². The van der Waals surface area contributed by atoms with Crippen LogP contribution in [0.3, 0.4) is 0 Å². The lowest BCUT2D eigenvalue weighted by Gasteiger charge is -2.19. The lowest BCUT2D eigenvalue weighted by molar-refractivity contribution is -0.284. The molecule has 1 heterocycles. The minimum absolute atomic E-state index is 0.0358. The summed E-state index contributed by atoms with van der Waals surface area (Å²) in [6.45, 7) is 10.7. The molecular formula is C62H103F5N2O12. The van der Waals surface area contributed by atoms with Crippen LogP contribution in [0.25, 0.3) is 0 Å². The molecule has 1 aromatic carbocycles. The van der Waals surface area contributed by atoms with Crippen molar-refractivity contribution in [2.24, 2.45) is 0 Å². The van der Waals surface area contributed by atoms with Crippen molar-refractivity contribution in [3.05, 3.63) is 34.9 Å². The first kappa shape index (κ1) is 73.0. The van der Waals surface area contributed by atoms with Crippen LogP contribution in [-0.4, -0.2) is 105 Å². The van der Waals surface area contributed by atoms with E-state index in [2.05, 4.69) is 31.0 Å². The van der Waals surface area contributed by atoms with Gasteiger partial charge in [0.2, 0.25) is 0 Å². The molecule has 1 fully saturated rings. The molecule has 1 saturated heterocycles. The van der Waals surface area contributed by atoms with E-state index in [1.54, 1.807) is 18.2 Å². The minimum Gasteiger partial charge on any atom is -0.466 e. The Morgan fingerprint density at radius 3 is 1.42 bits per heavy atom. The van der Waals surface area contributed by atoms with Gasteiger partial charge < -0.3 is 43.4 Å². The van der Waals surface area contributed by atoms with Crippen molar-refractivity contribution in [2.45, 2.75) is 283 Å². The molecule has 14 nitrogen and oxygen atoms in total. The smallest absolute Gasteiger partial charge is 0.453 e. The Morgan fingerprint density at radius 2 is 0.914 bits per heavy atom. The van der Waals surface area contributed by atoms with Gasteiger partial charge in [-0.3, -0.25) is 19.2 Å². The molecule has 0 radical (unpaired) electrons. The number of alkyl halides is 5. The molecule has 2 rings (SSSR count). The van der Waals surface area contributed by atoms with Gasteiger partial charge in [0, 0.05) is 58.4 Å². The Balaban J connectivity index is 1.97. The zero-order chi connectivity index (χ0) is 59.2. The van der Waals surface area contributed by atoms with Crippen LogP contribution in [0.4, 0.5) is 26.7 Å². The summed E-state index contributed by atoms with van der Waals surface area (Å²) in [7, 11) is 0. The van der Waals surface area contributed by atoms with Crippen molar-refractivity contribution in [1.29, 1.82) is 0 Å². The van der Waals surface area contributed by atoms with Gasteiger partial charge in [0.15, 0.2) is 6.29 Å². The molecule has 1 unspecified atom stereocenters. The number of hydrogen-bond acceptors (Lipinski definition) is 13. The van der Waals surface area contributed by atoms with Crippen molar-refractivity contribution < 1.29 is 79.1 Å². The van der Waals surface area contributed by atoms with E-state index in [0.29, 0.717) is 94.2 Å². The minimum atomic E-state index is -5.56. The highest BCUT2D eigenvalue weighted by atomic mass is 19.4. The fourth-order valence-electron chi connectivity index (χ4n) is 9.39. The maximum Gasteiger partial charge on any atom is 0.453 e. The van der Waals surface area contributed by atoms with Crippen LogP contribution in [0.5, 0.6) is 0 Å². The number of nitrogens with one attached hydrogen (secondary N) is 1. The summed E-state index contributed by atoms with van der Waals surface area (Å²) in [5, 5.41) is 2.86. The van der Waals surface area contributed by atoms with Gasteiger partial charge in [-0.2, -0.15) is 22.0 Å². The van der Waals surface area contributed by atoms with Crippen molar-refractivity contribution in [1.82, 2.24) is 10.2 Å². The first-order valence-corrected chi connectivity index (χ1v) is 31.1. The monoisotopic (exact) mass is 1160 g/mol. The maximum atomic E-state index is 13.2. The van der Waals surface area contributed by atoms with E-state index in [-0.39, 0.29) is 65.0 Å². The molecule has 1 N–H and O–H groups in total. The summed E-state index contributed by atoms with van der Waals surface area (Å²) >= 11 is 0. The predicted molar refractivity (Wildman–Crippen MR) is 302 cm³/mol. The summed E-state index contributed by atoms with van der Waals surface area (Å²) in [5.41, 5.74) is 1.82. The SMILES string of the molecule is CCCCCCCCOC(CCC(=O)OCc1cc(COC(=O)CCCCCCC(=O)OCCCCCCC(F)(F)C(F)(F)F)cc(COC(=O)CCC(CCCCCC)OC(=O)NCCN2CCCC2)c1)OCCCCCCCC. The first-order valence-electron chi connectivity index (χ1n) is 31.1. The summed E-state index contributed by atoms with van der Waals surface area (Å²) in [6.07, 6.45) is 16.3. The number of likely N-dealkylation sites (tertiary alicyclic amines) is 1. The van der Waals surface area contributed by atoms with Crippen molar-refractivity contribution in [3.63, 3.8) is 0 Å². The van der Waals surface area contributed by atoms with Crippen LogP contribution in [0.2, 0.25) is 0 Å². The molecule has 1 amide bonds. The van der Waals surface area contributed by atoms with E-state index in [1.807, 2.05) is 0 Å². The fraction of sp³-hybridized carbons (Fsp3) is 0.823. The highest BCUT2D eigenvalue weighted by molar-refractivity contribution is 5.71. The third-order valence-corrected chi connectivity index (χ3v) is 14.3. The maximum absolute atomic E-state index is 13.2. The second-order valence-electron chi connectivity index (χ2n) is 21.8. The standard InChI is InChI=1S/C62H103F5N2O12/c1-4-7-10-13-18-28-43-76-59(77-44-29-19-14-11-8-5-2)36-35-58(73)80-50-53-46-51(48-78-56(71)32-23-16-15-22-31-55(70)75-42-27-20-17-24-37-61(63,64)62(65,66)67)45-52(47-53)49-79-57(72)34-33-54(30-21-12-9-6-3)81-60(74)68-38-41-69-39-25-26-40-69/h45-47,54,59H,4-44,48-50H2,1-3H3,(H,68,74). The molecule has 468 valence electrons. The lowest BCUT2D eigenvalue weighted by Crippen LogP contribution is -2.36. The molecule has 0 bridgehead atoms. The summed E-state index contributed by atoms with van der Waals surface area (Å²) in [5.74, 6) is -6.45. The van der Waals surface area contributed by atoms with Gasteiger partial charge in [-0.15, -0.1) is 0 Å². The van der Waals surface area contributed by atoms with Crippen molar-refractivity contribution in [2.75, 3.05) is 46.0 Å².